The predicted octanol–water partition coefficient (Wildman–Crippen LogP) is 4.27. The van der Waals surface area contributed by atoms with E-state index in [-0.39, 0.29) is 0 Å². The first-order valence-corrected chi connectivity index (χ1v) is 11.9. The minimum absolute atomic E-state index is 0.567. The highest BCUT2D eigenvalue weighted by molar-refractivity contribution is 5.84. The third kappa shape index (κ3) is 4.36. The molecule has 0 unspecified atom stereocenters. The highest BCUT2D eigenvalue weighted by Crippen LogP contribution is 2.26. The average molecular weight is 454 g/mol. The molecule has 2 aromatic carbocycles. The van der Waals surface area contributed by atoms with Crippen LogP contribution in [-0.2, 0) is 4.74 Å². The summed E-state index contributed by atoms with van der Waals surface area (Å²) in [5, 5.41) is 4.33. The van der Waals surface area contributed by atoms with Crippen LogP contribution in [0.2, 0.25) is 0 Å². The molecule has 2 aliphatic rings. The fourth-order valence-electron chi connectivity index (χ4n) is 4.54. The van der Waals surface area contributed by atoms with E-state index in [1.807, 2.05) is 18.3 Å². The second kappa shape index (κ2) is 9.23. The average Bonchev–Trinajstić information content (AvgIpc) is 3.44. The summed E-state index contributed by atoms with van der Waals surface area (Å²) in [4.78, 5) is 23.1. The van der Waals surface area contributed by atoms with Crippen molar-refractivity contribution in [3.63, 3.8) is 0 Å². The van der Waals surface area contributed by atoms with Crippen LogP contribution in [0.25, 0.3) is 22.2 Å². The van der Waals surface area contributed by atoms with Gasteiger partial charge in [-0.1, -0.05) is 6.07 Å². The lowest BCUT2D eigenvalue weighted by Crippen LogP contribution is -2.36. The summed E-state index contributed by atoms with van der Waals surface area (Å²) in [5.74, 6) is 1.39. The molecule has 2 aliphatic heterocycles. The lowest BCUT2D eigenvalue weighted by atomic mass is 10.1. The molecule has 0 atom stereocenters. The van der Waals surface area contributed by atoms with E-state index in [9.17, 15) is 0 Å². The van der Waals surface area contributed by atoms with Crippen molar-refractivity contribution in [1.29, 1.82) is 0 Å². The number of fused-ring (bicyclic) bond motifs is 1. The molecular weight excluding hydrogens is 426 g/mol. The molecule has 2 aromatic heterocycles. The first-order chi connectivity index (χ1) is 16.8. The number of nitrogens with one attached hydrogen (secondary N) is 1. The fraction of sp³-hybridized carbons (Fsp3) is 0.308. The number of morpholine rings is 1. The van der Waals surface area contributed by atoms with E-state index < -0.39 is 0 Å². The van der Waals surface area contributed by atoms with Crippen molar-refractivity contribution in [2.75, 3.05) is 54.5 Å². The zero-order chi connectivity index (χ0) is 22.7. The zero-order valence-electron chi connectivity index (χ0n) is 19.0. The van der Waals surface area contributed by atoms with Gasteiger partial charge in [0.25, 0.3) is 0 Å². The number of hydrogen-bond acceptors (Lipinski definition) is 8. The second-order valence-electron chi connectivity index (χ2n) is 8.67. The van der Waals surface area contributed by atoms with Gasteiger partial charge < -0.3 is 19.9 Å². The lowest BCUT2D eigenvalue weighted by molar-refractivity contribution is 0.122. The van der Waals surface area contributed by atoms with Crippen molar-refractivity contribution in [2.45, 2.75) is 12.8 Å². The van der Waals surface area contributed by atoms with Gasteiger partial charge >= 0.3 is 0 Å². The Morgan fingerprint density at radius 3 is 2.44 bits per heavy atom. The number of ether oxygens (including phenoxy) is 1. The van der Waals surface area contributed by atoms with Gasteiger partial charge in [0.1, 0.15) is 0 Å². The van der Waals surface area contributed by atoms with Crippen molar-refractivity contribution < 1.29 is 4.74 Å². The molecule has 1 N–H and O–H groups in total. The van der Waals surface area contributed by atoms with Crippen molar-refractivity contribution in [2.24, 2.45) is 0 Å². The Morgan fingerprint density at radius 1 is 0.794 bits per heavy atom. The quantitative estimate of drug-likeness (QED) is 0.480. The Bertz CT molecular complexity index is 1280. The van der Waals surface area contributed by atoms with Gasteiger partial charge in [0, 0.05) is 60.9 Å². The molecule has 6 rings (SSSR count). The lowest BCUT2D eigenvalue weighted by Gasteiger charge is -2.28. The van der Waals surface area contributed by atoms with Gasteiger partial charge in [-0.25, -0.2) is 19.9 Å². The van der Waals surface area contributed by atoms with Crippen LogP contribution < -0.4 is 15.1 Å². The number of benzene rings is 2. The second-order valence-corrected chi connectivity index (χ2v) is 8.67. The van der Waals surface area contributed by atoms with E-state index in [2.05, 4.69) is 61.5 Å². The number of rotatable bonds is 5. The van der Waals surface area contributed by atoms with Gasteiger partial charge in [0.15, 0.2) is 0 Å². The minimum atomic E-state index is 0.567. The van der Waals surface area contributed by atoms with E-state index in [1.165, 1.54) is 18.5 Å². The SMILES string of the molecule is c1cc(-c2ccc3nc(N4CCCC4)ncc3c2)nc(Nc2ccc(N3CCOCC3)cc2)n1. The summed E-state index contributed by atoms with van der Waals surface area (Å²) in [6.45, 7) is 5.48. The first-order valence-electron chi connectivity index (χ1n) is 11.9. The van der Waals surface area contributed by atoms with Gasteiger partial charge in [-0.2, -0.15) is 0 Å². The summed E-state index contributed by atoms with van der Waals surface area (Å²) in [6.07, 6.45) is 6.12. The van der Waals surface area contributed by atoms with Crippen LogP contribution in [-0.4, -0.2) is 59.3 Å². The van der Waals surface area contributed by atoms with Crippen LogP contribution in [0.15, 0.2) is 60.9 Å². The molecule has 4 aromatic rings. The minimum Gasteiger partial charge on any atom is -0.378 e. The van der Waals surface area contributed by atoms with Gasteiger partial charge in [-0.15, -0.1) is 0 Å². The third-order valence-electron chi connectivity index (χ3n) is 6.41. The maximum absolute atomic E-state index is 5.44. The van der Waals surface area contributed by atoms with Crippen LogP contribution >= 0.6 is 0 Å². The molecule has 0 radical (unpaired) electrons. The smallest absolute Gasteiger partial charge is 0.227 e. The summed E-state index contributed by atoms with van der Waals surface area (Å²) in [7, 11) is 0. The molecule has 172 valence electrons. The van der Waals surface area contributed by atoms with E-state index in [4.69, 9.17) is 14.7 Å². The molecule has 8 heteroatoms. The molecule has 0 bridgehead atoms. The first kappa shape index (κ1) is 20.8. The van der Waals surface area contributed by atoms with Crippen LogP contribution in [0.1, 0.15) is 12.8 Å². The van der Waals surface area contributed by atoms with Crippen molar-refractivity contribution >= 4 is 34.2 Å². The molecule has 8 nitrogen and oxygen atoms in total. The topological polar surface area (TPSA) is 79.3 Å². The van der Waals surface area contributed by atoms with E-state index in [0.29, 0.717) is 5.95 Å². The highest BCUT2D eigenvalue weighted by atomic mass is 16.5. The van der Waals surface area contributed by atoms with Crippen LogP contribution in [0.3, 0.4) is 0 Å². The molecule has 0 aliphatic carbocycles. The standard InChI is InChI=1S/C26H27N7O/c1-2-12-33(11-1)26-28-18-20-17-19(3-8-23(20)31-26)24-9-10-27-25(30-24)29-21-4-6-22(7-5-21)32-13-15-34-16-14-32/h3-10,17-18H,1-2,11-16H2,(H,27,29,30). The van der Waals surface area contributed by atoms with E-state index in [0.717, 1.165) is 73.2 Å². The number of anilines is 4. The van der Waals surface area contributed by atoms with Gasteiger partial charge in [-0.05, 0) is 55.3 Å². The summed E-state index contributed by atoms with van der Waals surface area (Å²) in [6, 6.07) is 16.5. The Hall–Kier alpha value is -3.78. The summed E-state index contributed by atoms with van der Waals surface area (Å²) >= 11 is 0. The predicted molar refractivity (Wildman–Crippen MR) is 135 cm³/mol. The Labute approximate surface area is 198 Å². The number of hydrogen-bond donors (Lipinski definition) is 1. The summed E-state index contributed by atoms with van der Waals surface area (Å²) < 4.78 is 5.44. The Morgan fingerprint density at radius 2 is 1.62 bits per heavy atom. The molecule has 0 amide bonds. The van der Waals surface area contributed by atoms with Gasteiger partial charge in [0.2, 0.25) is 11.9 Å². The maximum atomic E-state index is 5.44. The third-order valence-corrected chi connectivity index (χ3v) is 6.41. The molecular formula is C26H27N7O. The van der Waals surface area contributed by atoms with Crippen molar-refractivity contribution in [3.8, 4) is 11.3 Å². The van der Waals surface area contributed by atoms with Crippen molar-refractivity contribution in [1.82, 2.24) is 19.9 Å². The van der Waals surface area contributed by atoms with E-state index in [1.54, 1.807) is 6.20 Å². The molecule has 0 saturated carbocycles. The molecule has 2 fully saturated rings. The van der Waals surface area contributed by atoms with E-state index >= 15 is 0 Å². The molecule has 0 spiro atoms. The Kier molecular flexibility index (Phi) is 5.64. The molecule has 34 heavy (non-hydrogen) atoms. The van der Waals surface area contributed by atoms with Crippen LogP contribution in [0.4, 0.5) is 23.3 Å². The fourth-order valence-corrected chi connectivity index (χ4v) is 4.54. The highest BCUT2D eigenvalue weighted by Gasteiger charge is 2.15. The van der Waals surface area contributed by atoms with Gasteiger partial charge in [0.05, 0.1) is 24.4 Å². The normalized spacial score (nSPS) is 16.2. The summed E-state index contributed by atoms with van der Waals surface area (Å²) in [5.41, 5.74) is 4.98. The zero-order valence-corrected chi connectivity index (χ0v) is 19.0. The van der Waals surface area contributed by atoms with Crippen molar-refractivity contribution in [3.05, 3.63) is 60.9 Å². The monoisotopic (exact) mass is 453 g/mol. The maximum Gasteiger partial charge on any atom is 0.227 e. The van der Waals surface area contributed by atoms with Gasteiger partial charge in [-0.3, -0.25) is 0 Å². The number of aromatic nitrogens is 4. The number of nitrogens with zero attached hydrogens (tertiary/aromatic N) is 6. The largest absolute Gasteiger partial charge is 0.378 e. The molecule has 4 heterocycles. The van der Waals surface area contributed by atoms with Crippen LogP contribution in [0, 0.1) is 0 Å². The Balaban J connectivity index is 1.19. The molecule has 2 saturated heterocycles. The van der Waals surface area contributed by atoms with Crippen LogP contribution in [0.5, 0.6) is 0 Å².